The van der Waals surface area contributed by atoms with Crippen LogP contribution in [0.4, 0.5) is 11.4 Å². The van der Waals surface area contributed by atoms with Gasteiger partial charge in [0, 0.05) is 0 Å². The number of hydrogen-bond donors (Lipinski definition) is 2. The zero-order chi connectivity index (χ0) is 11.4. The van der Waals surface area contributed by atoms with Gasteiger partial charge in [0.25, 0.3) is 0 Å². The van der Waals surface area contributed by atoms with Crippen molar-refractivity contribution in [2.24, 2.45) is 0 Å². The number of nitrogen functional groups attached to an aromatic ring is 2. The van der Waals surface area contributed by atoms with Crippen LogP contribution < -0.4 is 11.5 Å². The minimum absolute atomic E-state index is 0.621. The third-order valence-corrected chi connectivity index (χ3v) is 2.38. The highest BCUT2D eigenvalue weighted by Crippen LogP contribution is 2.17. The Labute approximate surface area is 95.2 Å². The number of benzene rings is 2. The Bertz CT molecular complexity index is 501. The normalized spacial score (nSPS) is 10.8. The molecule has 0 bridgehead atoms. The molecular formula is C14H14N2. The van der Waals surface area contributed by atoms with E-state index in [0.717, 1.165) is 11.1 Å². The maximum atomic E-state index is 5.73. The average molecular weight is 210 g/mol. The van der Waals surface area contributed by atoms with Gasteiger partial charge in [-0.3, -0.25) is 0 Å². The summed E-state index contributed by atoms with van der Waals surface area (Å²) in [6.45, 7) is 0. The van der Waals surface area contributed by atoms with E-state index in [0.29, 0.717) is 11.4 Å². The summed E-state index contributed by atoms with van der Waals surface area (Å²) in [5.74, 6) is 0. The summed E-state index contributed by atoms with van der Waals surface area (Å²) in [5.41, 5.74) is 14.8. The van der Waals surface area contributed by atoms with Gasteiger partial charge < -0.3 is 11.5 Å². The molecule has 0 unspecified atom stereocenters. The Morgan fingerprint density at radius 1 is 0.688 bits per heavy atom. The SMILES string of the molecule is Nc1ccc(C=Cc2ccccc2)cc1N. The van der Waals surface area contributed by atoms with Crippen molar-refractivity contribution in [1.82, 2.24) is 0 Å². The van der Waals surface area contributed by atoms with Gasteiger partial charge in [-0.2, -0.15) is 0 Å². The number of nitrogens with two attached hydrogens (primary N) is 2. The van der Waals surface area contributed by atoms with Crippen molar-refractivity contribution in [3.63, 3.8) is 0 Å². The zero-order valence-corrected chi connectivity index (χ0v) is 8.93. The summed E-state index contributed by atoms with van der Waals surface area (Å²) in [5, 5.41) is 0. The lowest BCUT2D eigenvalue weighted by atomic mass is 10.1. The molecule has 80 valence electrons. The van der Waals surface area contributed by atoms with Crippen LogP contribution in [0.3, 0.4) is 0 Å². The number of anilines is 2. The van der Waals surface area contributed by atoms with Crippen molar-refractivity contribution in [2.45, 2.75) is 0 Å². The molecular weight excluding hydrogens is 196 g/mol. The molecule has 0 atom stereocenters. The lowest BCUT2D eigenvalue weighted by Gasteiger charge is -2.00. The summed E-state index contributed by atoms with van der Waals surface area (Å²) in [6, 6.07) is 15.8. The van der Waals surface area contributed by atoms with Crippen LogP contribution in [0.15, 0.2) is 48.5 Å². The summed E-state index contributed by atoms with van der Waals surface area (Å²) in [6.07, 6.45) is 4.07. The highest BCUT2D eigenvalue weighted by molar-refractivity contribution is 5.74. The Morgan fingerprint density at radius 3 is 2.06 bits per heavy atom. The molecule has 2 aromatic rings. The van der Waals surface area contributed by atoms with Crippen LogP contribution in [0.5, 0.6) is 0 Å². The van der Waals surface area contributed by atoms with E-state index in [1.165, 1.54) is 0 Å². The van der Waals surface area contributed by atoms with Gasteiger partial charge in [-0.15, -0.1) is 0 Å². The van der Waals surface area contributed by atoms with Crippen LogP contribution in [0.2, 0.25) is 0 Å². The molecule has 0 amide bonds. The van der Waals surface area contributed by atoms with Crippen molar-refractivity contribution >= 4 is 23.5 Å². The second kappa shape index (κ2) is 4.53. The third-order valence-electron chi connectivity index (χ3n) is 2.38. The van der Waals surface area contributed by atoms with E-state index in [1.54, 1.807) is 0 Å². The van der Waals surface area contributed by atoms with Gasteiger partial charge in [-0.25, -0.2) is 0 Å². The maximum absolute atomic E-state index is 5.73. The second-order valence-electron chi connectivity index (χ2n) is 3.63. The van der Waals surface area contributed by atoms with Gasteiger partial charge in [0.1, 0.15) is 0 Å². The molecule has 0 aliphatic heterocycles. The van der Waals surface area contributed by atoms with Crippen LogP contribution in [0, 0.1) is 0 Å². The van der Waals surface area contributed by atoms with E-state index in [4.69, 9.17) is 11.5 Å². The maximum Gasteiger partial charge on any atom is 0.0553 e. The molecule has 16 heavy (non-hydrogen) atoms. The number of hydrogen-bond acceptors (Lipinski definition) is 2. The van der Waals surface area contributed by atoms with Gasteiger partial charge in [-0.1, -0.05) is 48.6 Å². The van der Waals surface area contributed by atoms with E-state index < -0.39 is 0 Å². The minimum Gasteiger partial charge on any atom is -0.397 e. The molecule has 2 heteroatoms. The zero-order valence-electron chi connectivity index (χ0n) is 8.93. The molecule has 0 saturated carbocycles. The lowest BCUT2D eigenvalue weighted by Crippen LogP contribution is -1.93. The summed E-state index contributed by atoms with van der Waals surface area (Å²) < 4.78 is 0. The van der Waals surface area contributed by atoms with Crippen LogP contribution in [-0.2, 0) is 0 Å². The highest BCUT2D eigenvalue weighted by atomic mass is 14.7. The first-order chi connectivity index (χ1) is 7.75. The quantitative estimate of drug-likeness (QED) is 0.591. The van der Waals surface area contributed by atoms with Gasteiger partial charge in [0.2, 0.25) is 0 Å². The smallest absolute Gasteiger partial charge is 0.0553 e. The summed E-state index contributed by atoms with van der Waals surface area (Å²) >= 11 is 0. The molecule has 0 radical (unpaired) electrons. The fourth-order valence-corrected chi connectivity index (χ4v) is 1.45. The standard InChI is InChI=1S/C14H14N2/c15-13-9-8-12(10-14(13)16)7-6-11-4-2-1-3-5-11/h1-10H,15-16H2. The minimum atomic E-state index is 0.621. The van der Waals surface area contributed by atoms with Gasteiger partial charge in [0.05, 0.1) is 11.4 Å². The predicted octanol–water partition coefficient (Wildman–Crippen LogP) is 3.02. The molecule has 0 spiro atoms. The van der Waals surface area contributed by atoms with Crippen LogP contribution >= 0.6 is 0 Å². The first-order valence-electron chi connectivity index (χ1n) is 5.14. The van der Waals surface area contributed by atoms with Gasteiger partial charge in [0.15, 0.2) is 0 Å². The van der Waals surface area contributed by atoms with E-state index in [1.807, 2.05) is 48.6 Å². The van der Waals surface area contributed by atoms with Crippen molar-refractivity contribution in [3.05, 3.63) is 59.7 Å². The van der Waals surface area contributed by atoms with Crippen molar-refractivity contribution in [1.29, 1.82) is 0 Å². The molecule has 0 aliphatic rings. The van der Waals surface area contributed by atoms with Crippen LogP contribution in [0.1, 0.15) is 11.1 Å². The van der Waals surface area contributed by atoms with Crippen LogP contribution in [0.25, 0.3) is 12.2 Å². The Morgan fingerprint density at radius 2 is 1.38 bits per heavy atom. The topological polar surface area (TPSA) is 52.0 Å². The van der Waals surface area contributed by atoms with Crippen molar-refractivity contribution in [3.8, 4) is 0 Å². The van der Waals surface area contributed by atoms with E-state index in [9.17, 15) is 0 Å². The third kappa shape index (κ3) is 2.42. The first kappa shape index (κ1) is 10.3. The molecule has 0 heterocycles. The van der Waals surface area contributed by atoms with E-state index in [-0.39, 0.29) is 0 Å². The second-order valence-corrected chi connectivity index (χ2v) is 3.63. The summed E-state index contributed by atoms with van der Waals surface area (Å²) in [7, 11) is 0. The molecule has 0 aromatic heterocycles. The van der Waals surface area contributed by atoms with Gasteiger partial charge >= 0.3 is 0 Å². The average Bonchev–Trinajstić information content (AvgIpc) is 2.32. The lowest BCUT2D eigenvalue weighted by molar-refractivity contribution is 1.62. The van der Waals surface area contributed by atoms with Crippen molar-refractivity contribution < 1.29 is 0 Å². The Hall–Kier alpha value is -2.22. The predicted molar refractivity (Wildman–Crippen MR) is 70.6 cm³/mol. The molecule has 2 aromatic carbocycles. The molecule has 0 saturated heterocycles. The van der Waals surface area contributed by atoms with E-state index >= 15 is 0 Å². The fourth-order valence-electron chi connectivity index (χ4n) is 1.45. The summed E-state index contributed by atoms with van der Waals surface area (Å²) in [4.78, 5) is 0. The molecule has 0 aliphatic carbocycles. The molecule has 0 fully saturated rings. The largest absolute Gasteiger partial charge is 0.397 e. The Balaban J connectivity index is 2.21. The fraction of sp³-hybridized carbons (Fsp3) is 0. The molecule has 2 rings (SSSR count). The molecule has 2 nitrogen and oxygen atoms in total. The number of rotatable bonds is 2. The first-order valence-corrected chi connectivity index (χ1v) is 5.14. The Kier molecular flexibility index (Phi) is 2.92. The monoisotopic (exact) mass is 210 g/mol. The van der Waals surface area contributed by atoms with Crippen molar-refractivity contribution in [2.75, 3.05) is 11.5 Å². The highest BCUT2D eigenvalue weighted by Gasteiger charge is 1.93. The van der Waals surface area contributed by atoms with Crippen LogP contribution in [-0.4, -0.2) is 0 Å². The van der Waals surface area contributed by atoms with Gasteiger partial charge in [-0.05, 0) is 23.3 Å². The molecule has 4 N–H and O–H groups in total. The van der Waals surface area contributed by atoms with E-state index in [2.05, 4.69) is 12.1 Å².